The average Bonchev–Trinajstić information content (AvgIpc) is 1.65. The molecule has 0 atom stereocenters. The number of halogens is 2. The van der Waals surface area contributed by atoms with Gasteiger partial charge in [-0.05, 0) is 12.2 Å². The van der Waals surface area contributed by atoms with Gasteiger partial charge >= 0.3 is 0 Å². The van der Waals surface area contributed by atoms with Gasteiger partial charge in [0.2, 0.25) is 0 Å². The number of hydrogen-bond donors (Lipinski definition) is 0. The normalized spacial score (nSPS) is 23.8. The minimum absolute atomic E-state index is 0.399. The van der Waals surface area contributed by atoms with Crippen molar-refractivity contribution in [3.05, 3.63) is 12.2 Å². The largest absolute Gasteiger partial charge is 0.287 e. The molecule has 0 N–H and O–H groups in total. The zero-order valence-corrected chi connectivity index (χ0v) is 4.14. The second-order valence-electron chi connectivity index (χ2n) is 1.61. The minimum Gasteiger partial charge on any atom is -0.287 e. The molecule has 1 rings (SSSR count). The van der Waals surface area contributed by atoms with Gasteiger partial charge in [-0.1, -0.05) is 0 Å². The first kappa shape index (κ1) is 5.41. The average molecular weight is 117 g/mol. The highest BCUT2D eigenvalue weighted by Crippen LogP contribution is 2.16. The maximum Gasteiger partial charge on any atom is 0.285 e. The summed E-state index contributed by atoms with van der Waals surface area (Å²) in [7, 11) is 0. The first-order valence-corrected chi connectivity index (χ1v) is 2.26. The second kappa shape index (κ2) is 1.65. The van der Waals surface area contributed by atoms with Crippen molar-refractivity contribution in [3.63, 3.8) is 0 Å². The summed E-state index contributed by atoms with van der Waals surface area (Å²) in [5, 5.41) is 0. The molecule has 0 aliphatic carbocycles. The third kappa shape index (κ3) is 1.12. The summed E-state index contributed by atoms with van der Waals surface area (Å²) in [6.07, 6.45) is 3.47. The van der Waals surface area contributed by atoms with Crippen LogP contribution in [-0.2, 0) is 0 Å². The lowest BCUT2D eigenvalue weighted by atomic mass is 10.3. The molecule has 0 bridgehead atoms. The molecule has 0 unspecified atom stereocenters. The summed E-state index contributed by atoms with van der Waals surface area (Å²) in [4.78, 5) is 3.37. The Balaban J connectivity index is 2.65. The van der Waals surface area contributed by atoms with E-state index in [2.05, 4.69) is 4.99 Å². The Morgan fingerprint density at radius 3 is 2.50 bits per heavy atom. The van der Waals surface area contributed by atoms with Crippen LogP contribution in [0, 0.1) is 0 Å². The maximum atomic E-state index is 12.0. The highest BCUT2D eigenvalue weighted by atomic mass is 19.3. The minimum atomic E-state index is -2.70. The van der Waals surface area contributed by atoms with Crippen molar-refractivity contribution in [3.8, 4) is 0 Å². The van der Waals surface area contributed by atoms with Crippen molar-refractivity contribution < 1.29 is 8.78 Å². The topological polar surface area (TPSA) is 12.4 Å². The first-order valence-electron chi connectivity index (χ1n) is 2.26. The number of rotatable bonds is 0. The third-order valence-electron chi connectivity index (χ3n) is 0.834. The summed E-state index contributed by atoms with van der Waals surface area (Å²) < 4.78 is 24.0. The molecule has 0 saturated heterocycles. The van der Waals surface area contributed by atoms with Crippen molar-refractivity contribution in [1.29, 1.82) is 0 Å². The Morgan fingerprint density at radius 2 is 2.25 bits per heavy atom. The van der Waals surface area contributed by atoms with Crippen LogP contribution in [0.3, 0.4) is 0 Å². The molecular weight excluding hydrogens is 112 g/mol. The summed E-state index contributed by atoms with van der Waals surface area (Å²) in [5.41, 5.74) is 0. The highest BCUT2D eigenvalue weighted by molar-refractivity contribution is 5.72. The molecule has 1 heterocycles. The molecule has 8 heavy (non-hydrogen) atoms. The van der Waals surface area contributed by atoms with E-state index >= 15 is 0 Å². The Bertz CT molecular complexity index is 137. The Kier molecular flexibility index (Phi) is 1.12. The number of dihydropyridines is 1. The van der Waals surface area contributed by atoms with Gasteiger partial charge in [-0.25, -0.2) is 0 Å². The van der Waals surface area contributed by atoms with Crippen LogP contribution < -0.4 is 0 Å². The lowest BCUT2D eigenvalue weighted by Gasteiger charge is -2.09. The van der Waals surface area contributed by atoms with Crippen molar-refractivity contribution in [2.45, 2.75) is 5.92 Å². The predicted octanol–water partition coefficient (Wildman–Crippen LogP) is 1.26. The van der Waals surface area contributed by atoms with Gasteiger partial charge in [0.05, 0.1) is 0 Å². The first-order chi connectivity index (χ1) is 3.71. The Labute approximate surface area is 45.7 Å². The summed E-state index contributed by atoms with van der Waals surface area (Å²) in [5.74, 6) is -2.70. The van der Waals surface area contributed by atoms with E-state index in [1.807, 2.05) is 0 Å². The molecule has 0 aromatic rings. The van der Waals surface area contributed by atoms with E-state index in [0.717, 1.165) is 6.08 Å². The van der Waals surface area contributed by atoms with E-state index in [1.165, 1.54) is 12.3 Å². The van der Waals surface area contributed by atoms with E-state index in [0.29, 0.717) is 0 Å². The van der Waals surface area contributed by atoms with Gasteiger partial charge in [0.1, 0.15) is 6.54 Å². The molecule has 0 saturated carbocycles. The van der Waals surface area contributed by atoms with Crippen LogP contribution in [0.4, 0.5) is 8.78 Å². The van der Waals surface area contributed by atoms with Gasteiger partial charge in [0, 0.05) is 6.21 Å². The predicted molar refractivity (Wildman–Crippen MR) is 27.4 cm³/mol. The van der Waals surface area contributed by atoms with Crippen LogP contribution in [0.2, 0.25) is 0 Å². The number of alkyl halides is 2. The fourth-order valence-corrected chi connectivity index (χ4v) is 0.472. The number of allylic oxidation sites excluding steroid dienone is 1. The van der Waals surface area contributed by atoms with Crippen LogP contribution in [0.25, 0.3) is 0 Å². The van der Waals surface area contributed by atoms with Crippen molar-refractivity contribution >= 4 is 6.21 Å². The van der Waals surface area contributed by atoms with E-state index < -0.39 is 12.5 Å². The molecule has 0 radical (unpaired) electrons. The third-order valence-corrected chi connectivity index (χ3v) is 0.834. The van der Waals surface area contributed by atoms with E-state index in [-0.39, 0.29) is 0 Å². The number of hydrogen-bond acceptors (Lipinski definition) is 1. The molecule has 0 aromatic carbocycles. The Hall–Kier alpha value is -0.730. The molecule has 0 spiro atoms. The molecule has 3 heteroatoms. The number of nitrogens with zero attached hydrogens (tertiary/aromatic N) is 1. The second-order valence-corrected chi connectivity index (χ2v) is 1.61. The van der Waals surface area contributed by atoms with Crippen molar-refractivity contribution in [2.24, 2.45) is 4.99 Å². The lowest BCUT2D eigenvalue weighted by molar-refractivity contribution is 0.0650. The van der Waals surface area contributed by atoms with Crippen molar-refractivity contribution in [1.82, 2.24) is 0 Å². The van der Waals surface area contributed by atoms with Crippen molar-refractivity contribution in [2.75, 3.05) is 6.54 Å². The van der Waals surface area contributed by atoms with Crippen LogP contribution in [0.5, 0.6) is 0 Å². The summed E-state index contributed by atoms with van der Waals surface area (Å²) in [6.45, 7) is -0.399. The van der Waals surface area contributed by atoms with Crippen LogP contribution >= 0.6 is 0 Å². The van der Waals surface area contributed by atoms with Gasteiger partial charge in [-0.3, -0.25) is 4.99 Å². The standard InChI is InChI=1S/C5H5F2N/c6-5(7)2-1-3-8-4-5/h1-3H,4H2. The summed E-state index contributed by atoms with van der Waals surface area (Å²) in [6, 6.07) is 0. The maximum absolute atomic E-state index is 12.0. The monoisotopic (exact) mass is 117 g/mol. The van der Waals surface area contributed by atoms with Gasteiger partial charge in [0.15, 0.2) is 0 Å². The smallest absolute Gasteiger partial charge is 0.285 e. The number of aliphatic imine (C=N–C) groups is 1. The molecular formula is C5H5F2N. The summed E-state index contributed by atoms with van der Waals surface area (Å²) >= 11 is 0. The van der Waals surface area contributed by atoms with Crippen LogP contribution in [0.1, 0.15) is 0 Å². The SMILES string of the molecule is FC1(F)C=CC=NC1. The van der Waals surface area contributed by atoms with Crippen LogP contribution in [0.15, 0.2) is 17.1 Å². The van der Waals surface area contributed by atoms with Gasteiger partial charge < -0.3 is 0 Å². The molecule has 0 amide bonds. The van der Waals surface area contributed by atoms with Gasteiger partial charge in [0.25, 0.3) is 5.92 Å². The van der Waals surface area contributed by atoms with Gasteiger partial charge in [-0.15, -0.1) is 0 Å². The molecule has 0 fully saturated rings. The molecule has 44 valence electrons. The zero-order valence-electron chi connectivity index (χ0n) is 4.14. The molecule has 1 aliphatic heterocycles. The molecule has 1 aliphatic rings. The van der Waals surface area contributed by atoms with Gasteiger partial charge in [-0.2, -0.15) is 8.78 Å². The zero-order chi connectivity index (χ0) is 6.04. The van der Waals surface area contributed by atoms with E-state index in [4.69, 9.17) is 0 Å². The fraction of sp³-hybridized carbons (Fsp3) is 0.400. The fourth-order valence-electron chi connectivity index (χ4n) is 0.472. The molecule has 1 nitrogen and oxygen atoms in total. The van der Waals surface area contributed by atoms with E-state index in [1.54, 1.807) is 0 Å². The molecule has 0 aromatic heterocycles. The quantitative estimate of drug-likeness (QED) is 0.453. The van der Waals surface area contributed by atoms with E-state index in [9.17, 15) is 8.78 Å². The highest BCUT2D eigenvalue weighted by Gasteiger charge is 2.24. The Morgan fingerprint density at radius 1 is 1.50 bits per heavy atom. The van der Waals surface area contributed by atoms with Crippen LogP contribution in [-0.4, -0.2) is 18.7 Å². The lowest BCUT2D eigenvalue weighted by Crippen LogP contribution is -2.18.